The van der Waals surface area contributed by atoms with Crippen LogP contribution in [0.5, 0.6) is 0 Å². The second-order valence-electron chi connectivity index (χ2n) is 4.93. The lowest BCUT2D eigenvalue weighted by Gasteiger charge is -2.19. The van der Waals surface area contributed by atoms with Crippen LogP contribution in [-0.2, 0) is 4.79 Å². The molecule has 23 heavy (non-hydrogen) atoms. The third kappa shape index (κ3) is 3.05. The average Bonchev–Trinajstić information content (AvgIpc) is 2.98. The highest BCUT2D eigenvalue weighted by molar-refractivity contribution is 5.89. The molecule has 0 unspecified atom stereocenters. The van der Waals surface area contributed by atoms with Crippen molar-refractivity contribution in [3.8, 4) is 0 Å². The number of fused-ring (bicyclic) bond motifs is 1. The molecule has 0 aromatic heterocycles. The lowest BCUT2D eigenvalue weighted by Crippen LogP contribution is -2.47. The van der Waals surface area contributed by atoms with Crippen LogP contribution in [0.3, 0.4) is 0 Å². The summed E-state index contributed by atoms with van der Waals surface area (Å²) in [4.78, 5) is 35.9. The first-order chi connectivity index (χ1) is 11.0. The lowest BCUT2D eigenvalue weighted by molar-refractivity contribution is -0.121. The zero-order valence-corrected chi connectivity index (χ0v) is 11.7. The van der Waals surface area contributed by atoms with Gasteiger partial charge in [-0.05, 0) is 6.07 Å². The van der Waals surface area contributed by atoms with Crippen molar-refractivity contribution < 1.29 is 18.8 Å². The summed E-state index contributed by atoms with van der Waals surface area (Å²) < 4.78 is 13.4. The van der Waals surface area contributed by atoms with E-state index in [9.17, 15) is 18.8 Å². The molecule has 0 aliphatic carbocycles. The molecule has 4 N–H and O–H groups in total. The fourth-order valence-electron chi connectivity index (χ4n) is 2.31. The number of hydrogen-bond acceptors (Lipinski definition) is 4. The summed E-state index contributed by atoms with van der Waals surface area (Å²) >= 11 is 0. The summed E-state index contributed by atoms with van der Waals surface area (Å²) in [7, 11) is 0. The van der Waals surface area contributed by atoms with Crippen LogP contribution in [0, 0.1) is 5.82 Å². The molecule has 2 aliphatic heterocycles. The number of carbonyl (C=O) groups is 3. The van der Waals surface area contributed by atoms with Crippen LogP contribution in [0.2, 0.25) is 0 Å². The predicted molar refractivity (Wildman–Crippen MR) is 76.6 cm³/mol. The molecule has 1 aromatic carbocycles. The highest BCUT2D eigenvalue weighted by Crippen LogP contribution is 2.13. The number of halogens is 1. The van der Waals surface area contributed by atoms with Gasteiger partial charge >= 0.3 is 12.1 Å². The summed E-state index contributed by atoms with van der Waals surface area (Å²) in [6.07, 6.45) is -0.0556. The van der Waals surface area contributed by atoms with Crippen molar-refractivity contribution >= 4 is 24.2 Å². The van der Waals surface area contributed by atoms with Gasteiger partial charge in [0, 0.05) is 5.56 Å². The van der Waals surface area contributed by atoms with Crippen molar-refractivity contribution in [1.82, 2.24) is 26.3 Å². The maximum Gasteiger partial charge on any atom is 0.321 e. The fraction of sp³-hybridized carbons (Fsp3) is 0.231. The highest BCUT2D eigenvalue weighted by atomic mass is 19.1. The van der Waals surface area contributed by atoms with Crippen LogP contribution in [0.1, 0.15) is 5.56 Å². The number of amides is 5. The summed E-state index contributed by atoms with van der Waals surface area (Å²) in [6.45, 7) is -0.302. The Bertz CT molecular complexity index is 694. The smallest absolute Gasteiger partial charge is 0.314 e. The number of benzene rings is 1. The molecule has 2 aliphatic rings. The molecular formula is C13H13FN6O3. The normalized spacial score (nSPS) is 22.6. The average molecular weight is 320 g/mol. The number of hydrazone groups is 1. The van der Waals surface area contributed by atoms with Crippen LogP contribution in [0.4, 0.5) is 14.0 Å². The molecule has 0 saturated carbocycles. The van der Waals surface area contributed by atoms with E-state index in [2.05, 4.69) is 26.5 Å². The van der Waals surface area contributed by atoms with Crippen molar-refractivity contribution in [2.24, 2.45) is 5.10 Å². The van der Waals surface area contributed by atoms with Crippen molar-refractivity contribution in [2.75, 3.05) is 6.54 Å². The van der Waals surface area contributed by atoms with Gasteiger partial charge in [-0.15, -0.1) is 0 Å². The second-order valence-corrected chi connectivity index (χ2v) is 4.93. The topological polar surface area (TPSA) is 115 Å². The number of carbonyl (C=O) groups excluding carboxylic acids is 3. The molecule has 2 saturated heterocycles. The maximum atomic E-state index is 13.4. The Kier molecular flexibility index (Phi) is 3.79. The zero-order chi connectivity index (χ0) is 16.4. The van der Waals surface area contributed by atoms with Gasteiger partial charge in [0.2, 0.25) is 0 Å². The van der Waals surface area contributed by atoms with Crippen molar-refractivity contribution in [2.45, 2.75) is 12.3 Å². The second kappa shape index (κ2) is 5.91. The van der Waals surface area contributed by atoms with Gasteiger partial charge < -0.3 is 16.0 Å². The molecule has 10 heteroatoms. The van der Waals surface area contributed by atoms with Crippen molar-refractivity contribution in [3.05, 3.63) is 35.6 Å². The Labute approximate surface area is 129 Å². The van der Waals surface area contributed by atoms with E-state index >= 15 is 0 Å². The third-order valence-corrected chi connectivity index (χ3v) is 3.37. The van der Waals surface area contributed by atoms with Crippen molar-refractivity contribution in [1.29, 1.82) is 0 Å². The van der Waals surface area contributed by atoms with Crippen LogP contribution in [0.15, 0.2) is 29.4 Å². The number of nitrogens with zero attached hydrogens (tertiary/aromatic N) is 2. The van der Waals surface area contributed by atoms with E-state index < -0.39 is 36.1 Å². The first kappa shape index (κ1) is 14.8. The molecule has 5 amide bonds. The Balaban J connectivity index is 1.56. The van der Waals surface area contributed by atoms with Crippen LogP contribution < -0.4 is 21.4 Å². The van der Waals surface area contributed by atoms with E-state index in [0.717, 1.165) is 4.90 Å². The van der Waals surface area contributed by atoms with E-state index in [1.807, 2.05) is 0 Å². The number of urea groups is 2. The SMILES string of the molecule is O=C(CN1C(=O)N[C@@H]2NC(=O)N[C@@H]21)N/N=C\c1ccccc1F. The van der Waals surface area contributed by atoms with Gasteiger partial charge in [0.15, 0.2) is 0 Å². The molecule has 9 nitrogen and oxygen atoms in total. The third-order valence-electron chi connectivity index (χ3n) is 3.37. The number of rotatable bonds is 4. The van der Waals surface area contributed by atoms with Gasteiger partial charge in [-0.25, -0.2) is 19.4 Å². The van der Waals surface area contributed by atoms with Crippen LogP contribution >= 0.6 is 0 Å². The largest absolute Gasteiger partial charge is 0.321 e. The minimum atomic E-state index is -0.642. The van der Waals surface area contributed by atoms with E-state index in [4.69, 9.17) is 0 Å². The lowest BCUT2D eigenvalue weighted by atomic mass is 10.2. The monoisotopic (exact) mass is 320 g/mol. The van der Waals surface area contributed by atoms with Crippen LogP contribution in [-0.4, -0.2) is 48.0 Å². The van der Waals surface area contributed by atoms with Gasteiger partial charge in [-0.3, -0.25) is 9.69 Å². The Morgan fingerprint density at radius 1 is 1.30 bits per heavy atom. The molecular weight excluding hydrogens is 307 g/mol. The Morgan fingerprint density at radius 2 is 2.09 bits per heavy atom. The molecule has 120 valence electrons. The summed E-state index contributed by atoms with van der Waals surface area (Å²) in [5.74, 6) is -1.04. The Morgan fingerprint density at radius 3 is 2.87 bits per heavy atom. The number of nitrogens with one attached hydrogen (secondary N) is 4. The molecule has 2 atom stereocenters. The molecule has 3 rings (SSSR count). The minimum Gasteiger partial charge on any atom is -0.314 e. The van der Waals surface area contributed by atoms with Gasteiger partial charge in [-0.2, -0.15) is 5.10 Å². The van der Waals surface area contributed by atoms with Gasteiger partial charge in [0.25, 0.3) is 5.91 Å². The summed E-state index contributed by atoms with van der Waals surface area (Å²) in [5, 5.41) is 11.2. The fourth-order valence-corrected chi connectivity index (χ4v) is 2.31. The van der Waals surface area contributed by atoms with Gasteiger partial charge in [-0.1, -0.05) is 18.2 Å². The van der Waals surface area contributed by atoms with E-state index in [0.29, 0.717) is 0 Å². The summed E-state index contributed by atoms with van der Waals surface area (Å²) in [5.41, 5.74) is 2.43. The summed E-state index contributed by atoms with van der Waals surface area (Å²) in [6, 6.07) is 5.04. The first-order valence-electron chi connectivity index (χ1n) is 6.75. The van der Waals surface area contributed by atoms with Gasteiger partial charge in [0.05, 0.1) is 6.21 Å². The van der Waals surface area contributed by atoms with E-state index in [1.54, 1.807) is 6.07 Å². The molecule has 2 heterocycles. The standard InChI is InChI=1S/C13H13FN6O3/c14-8-4-2-1-3-7(8)5-15-19-9(21)6-20-11-10(17-13(20)23)16-12(22)18-11/h1-5,10-11H,6H2,(H,17,23)(H,19,21)(H2,16,18,22)/b15-5-/t10-,11+/m0/s1. The predicted octanol–water partition coefficient (Wildman–Crippen LogP) is -0.734. The molecule has 0 radical (unpaired) electrons. The van der Waals surface area contributed by atoms with E-state index in [1.165, 1.54) is 24.4 Å². The molecule has 0 spiro atoms. The van der Waals surface area contributed by atoms with Crippen LogP contribution in [0.25, 0.3) is 0 Å². The Hall–Kier alpha value is -3.17. The zero-order valence-electron chi connectivity index (χ0n) is 11.7. The maximum absolute atomic E-state index is 13.4. The molecule has 1 aromatic rings. The molecule has 0 bridgehead atoms. The number of hydrogen-bond donors (Lipinski definition) is 4. The first-order valence-corrected chi connectivity index (χ1v) is 6.75. The quantitative estimate of drug-likeness (QED) is 0.433. The molecule has 2 fully saturated rings. The minimum absolute atomic E-state index is 0.221. The highest BCUT2D eigenvalue weighted by Gasteiger charge is 2.45. The van der Waals surface area contributed by atoms with Crippen molar-refractivity contribution in [3.63, 3.8) is 0 Å². The van der Waals surface area contributed by atoms with E-state index in [-0.39, 0.29) is 12.1 Å². The van der Waals surface area contributed by atoms with Gasteiger partial charge in [0.1, 0.15) is 24.7 Å².